The van der Waals surface area contributed by atoms with E-state index in [-0.39, 0.29) is 29.9 Å². The lowest BCUT2D eigenvalue weighted by Gasteiger charge is -2.42. The van der Waals surface area contributed by atoms with Gasteiger partial charge in [0, 0.05) is 18.6 Å². The lowest BCUT2D eigenvalue weighted by Crippen LogP contribution is -2.65. The molecule has 2 aliphatic heterocycles. The molecule has 2 heterocycles. The van der Waals surface area contributed by atoms with Crippen molar-refractivity contribution >= 4 is 11.8 Å². The Labute approximate surface area is 108 Å². The minimum Gasteiger partial charge on any atom is -0.381 e. The van der Waals surface area contributed by atoms with E-state index in [2.05, 4.69) is 5.32 Å². The molecule has 0 aromatic rings. The number of hydrogen-bond acceptors (Lipinski definition) is 3. The zero-order chi connectivity index (χ0) is 13.3. The van der Waals surface area contributed by atoms with Gasteiger partial charge in [0.05, 0.1) is 6.61 Å². The number of amides is 2. The molecule has 4 atom stereocenters. The Morgan fingerprint density at radius 1 is 1.50 bits per heavy atom. The molecule has 2 amide bonds. The molecule has 0 aromatic carbocycles. The Morgan fingerprint density at radius 2 is 2.22 bits per heavy atom. The van der Waals surface area contributed by atoms with Crippen LogP contribution in [0, 0.1) is 5.92 Å². The number of carbonyl (C=O) groups is 2. The van der Waals surface area contributed by atoms with Gasteiger partial charge in [0.1, 0.15) is 12.1 Å². The van der Waals surface area contributed by atoms with Crippen LogP contribution in [0.25, 0.3) is 0 Å². The topological polar surface area (TPSA) is 58.6 Å². The maximum absolute atomic E-state index is 12.4. The van der Waals surface area contributed by atoms with Crippen LogP contribution in [0.15, 0.2) is 0 Å². The maximum Gasteiger partial charge on any atom is 0.246 e. The van der Waals surface area contributed by atoms with Crippen LogP contribution in [0.3, 0.4) is 0 Å². The molecule has 2 saturated heterocycles. The summed E-state index contributed by atoms with van der Waals surface area (Å²) >= 11 is 0. The van der Waals surface area contributed by atoms with Crippen LogP contribution in [0.2, 0.25) is 0 Å². The molecule has 0 bridgehead atoms. The van der Waals surface area contributed by atoms with Gasteiger partial charge in [-0.05, 0) is 26.7 Å². The molecule has 2 aliphatic rings. The number of hydrogen-bond donors (Lipinski definition) is 1. The molecule has 5 heteroatoms. The number of nitrogens with one attached hydrogen (secondary N) is 1. The van der Waals surface area contributed by atoms with Crippen molar-refractivity contribution in [2.24, 2.45) is 5.92 Å². The molecule has 18 heavy (non-hydrogen) atoms. The molecule has 102 valence electrons. The molecule has 0 saturated carbocycles. The largest absolute Gasteiger partial charge is 0.381 e. The van der Waals surface area contributed by atoms with Gasteiger partial charge < -0.3 is 15.0 Å². The maximum atomic E-state index is 12.4. The lowest BCUT2D eigenvalue weighted by atomic mass is 9.95. The van der Waals surface area contributed by atoms with Gasteiger partial charge in [-0.1, -0.05) is 6.92 Å². The Hall–Kier alpha value is -1.10. The number of ether oxygens (including phenoxy) is 1. The van der Waals surface area contributed by atoms with E-state index in [4.69, 9.17) is 4.74 Å². The average Bonchev–Trinajstić information content (AvgIpc) is 2.87. The van der Waals surface area contributed by atoms with Crippen molar-refractivity contribution in [1.29, 1.82) is 0 Å². The molecular formula is C13H22N2O3. The summed E-state index contributed by atoms with van der Waals surface area (Å²) in [4.78, 5) is 26.0. The Kier molecular flexibility index (Phi) is 3.90. The molecule has 1 N–H and O–H groups in total. The van der Waals surface area contributed by atoms with Crippen molar-refractivity contribution in [2.45, 2.75) is 51.7 Å². The first-order chi connectivity index (χ1) is 8.56. The summed E-state index contributed by atoms with van der Waals surface area (Å²) in [6.45, 7) is 7.19. The van der Waals surface area contributed by atoms with Gasteiger partial charge in [-0.3, -0.25) is 9.59 Å². The molecule has 5 nitrogen and oxygen atoms in total. The SMILES string of the molecule is CCC1NC(=O)C(C)N(C(C)C2CCOC2)C1=O. The number of piperazine rings is 1. The first-order valence-electron chi connectivity index (χ1n) is 6.76. The van der Waals surface area contributed by atoms with Crippen molar-refractivity contribution in [3.63, 3.8) is 0 Å². The zero-order valence-corrected chi connectivity index (χ0v) is 11.3. The number of rotatable bonds is 3. The van der Waals surface area contributed by atoms with Crippen molar-refractivity contribution in [2.75, 3.05) is 13.2 Å². The molecule has 0 radical (unpaired) electrons. The Morgan fingerprint density at radius 3 is 2.78 bits per heavy atom. The fourth-order valence-corrected chi connectivity index (χ4v) is 2.84. The number of carbonyl (C=O) groups excluding carboxylic acids is 2. The second kappa shape index (κ2) is 5.26. The Balaban J connectivity index is 2.16. The average molecular weight is 254 g/mol. The summed E-state index contributed by atoms with van der Waals surface area (Å²) in [6, 6.07) is -0.676. The highest BCUT2D eigenvalue weighted by Gasteiger charge is 2.42. The molecule has 0 spiro atoms. The molecule has 0 aromatic heterocycles. The van der Waals surface area contributed by atoms with E-state index in [1.54, 1.807) is 11.8 Å². The second-order valence-electron chi connectivity index (χ2n) is 5.26. The van der Waals surface area contributed by atoms with Crippen LogP contribution >= 0.6 is 0 Å². The smallest absolute Gasteiger partial charge is 0.246 e. The predicted octanol–water partition coefficient (Wildman–Crippen LogP) is 0.537. The van der Waals surface area contributed by atoms with Gasteiger partial charge in [0.25, 0.3) is 0 Å². The number of nitrogens with zero attached hydrogens (tertiary/aromatic N) is 1. The van der Waals surface area contributed by atoms with E-state index in [9.17, 15) is 9.59 Å². The van der Waals surface area contributed by atoms with Crippen molar-refractivity contribution in [3.05, 3.63) is 0 Å². The molecule has 2 rings (SSSR count). The van der Waals surface area contributed by atoms with Gasteiger partial charge in [0.2, 0.25) is 11.8 Å². The van der Waals surface area contributed by atoms with Crippen molar-refractivity contribution in [1.82, 2.24) is 10.2 Å². The van der Waals surface area contributed by atoms with Crippen LogP contribution in [0.5, 0.6) is 0 Å². The lowest BCUT2D eigenvalue weighted by molar-refractivity contribution is -0.152. The monoisotopic (exact) mass is 254 g/mol. The van der Waals surface area contributed by atoms with E-state index < -0.39 is 0 Å². The Bertz CT molecular complexity index is 339. The standard InChI is InChI=1S/C13H22N2O3/c1-4-11-13(17)15(9(3)12(16)14-11)8(2)10-5-6-18-7-10/h8-11H,4-7H2,1-3H3,(H,14,16). The summed E-state index contributed by atoms with van der Waals surface area (Å²) in [6.07, 6.45) is 1.61. The van der Waals surface area contributed by atoms with Crippen molar-refractivity contribution in [3.8, 4) is 0 Å². The third-order valence-electron chi connectivity index (χ3n) is 4.16. The molecule has 2 fully saturated rings. The fourth-order valence-electron chi connectivity index (χ4n) is 2.84. The summed E-state index contributed by atoms with van der Waals surface area (Å²) in [7, 11) is 0. The molecular weight excluding hydrogens is 232 g/mol. The van der Waals surface area contributed by atoms with E-state index in [1.807, 2.05) is 13.8 Å². The van der Waals surface area contributed by atoms with Gasteiger partial charge in [-0.15, -0.1) is 0 Å². The minimum atomic E-state index is -0.379. The highest BCUT2D eigenvalue weighted by Crippen LogP contribution is 2.25. The molecule has 0 aliphatic carbocycles. The van der Waals surface area contributed by atoms with E-state index in [0.29, 0.717) is 18.9 Å². The van der Waals surface area contributed by atoms with Crippen LogP contribution in [0.1, 0.15) is 33.6 Å². The van der Waals surface area contributed by atoms with Gasteiger partial charge in [0.15, 0.2) is 0 Å². The summed E-state index contributed by atoms with van der Waals surface area (Å²) in [5, 5.41) is 2.78. The highest BCUT2D eigenvalue weighted by atomic mass is 16.5. The summed E-state index contributed by atoms with van der Waals surface area (Å²) in [5.74, 6) is 0.344. The van der Waals surface area contributed by atoms with Crippen LogP contribution in [-0.2, 0) is 14.3 Å². The van der Waals surface area contributed by atoms with Gasteiger partial charge in [-0.2, -0.15) is 0 Å². The normalized spacial score (nSPS) is 34.6. The highest BCUT2D eigenvalue weighted by molar-refractivity contribution is 5.96. The summed E-state index contributed by atoms with van der Waals surface area (Å²) < 4.78 is 5.38. The zero-order valence-electron chi connectivity index (χ0n) is 11.3. The third-order valence-corrected chi connectivity index (χ3v) is 4.16. The van der Waals surface area contributed by atoms with E-state index in [0.717, 1.165) is 13.0 Å². The fraction of sp³-hybridized carbons (Fsp3) is 0.846. The second-order valence-corrected chi connectivity index (χ2v) is 5.26. The van der Waals surface area contributed by atoms with Gasteiger partial charge >= 0.3 is 0 Å². The summed E-state index contributed by atoms with van der Waals surface area (Å²) in [5.41, 5.74) is 0. The first-order valence-corrected chi connectivity index (χ1v) is 6.76. The van der Waals surface area contributed by atoms with Crippen molar-refractivity contribution < 1.29 is 14.3 Å². The van der Waals surface area contributed by atoms with E-state index >= 15 is 0 Å². The van der Waals surface area contributed by atoms with Crippen LogP contribution < -0.4 is 5.32 Å². The van der Waals surface area contributed by atoms with E-state index in [1.165, 1.54) is 0 Å². The van der Waals surface area contributed by atoms with Crippen LogP contribution in [0.4, 0.5) is 0 Å². The quantitative estimate of drug-likeness (QED) is 0.799. The minimum absolute atomic E-state index is 0.0454. The van der Waals surface area contributed by atoms with Crippen LogP contribution in [-0.4, -0.2) is 48.1 Å². The first kappa shape index (κ1) is 13.3. The predicted molar refractivity (Wildman–Crippen MR) is 66.9 cm³/mol. The van der Waals surface area contributed by atoms with Gasteiger partial charge in [-0.25, -0.2) is 0 Å². The molecule has 4 unspecified atom stereocenters. The third kappa shape index (κ3) is 2.23.